The second-order valence-corrected chi connectivity index (χ2v) is 7.00. The van der Waals surface area contributed by atoms with Gasteiger partial charge in [-0.3, -0.25) is 0 Å². The van der Waals surface area contributed by atoms with E-state index in [4.69, 9.17) is 0 Å². The third-order valence-corrected chi connectivity index (χ3v) is 5.31. The predicted octanol–water partition coefficient (Wildman–Crippen LogP) is 3.39. The molecule has 1 heterocycles. The molecular weight excluding hydrogens is 256 g/mol. The first kappa shape index (κ1) is 15.1. The Labute approximate surface area is 129 Å². The lowest BCUT2D eigenvalue weighted by Gasteiger charge is -2.39. The van der Waals surface area contributed by atoms with Crippen LogP contribution < -0.4 is 5.32 Å². The summed E-state index contributed by atoms with van der Waals surface area (Å²) < 4.78 is 0. The van der Waals surface area contributed by atoms with Gasteiger partial charge in [0.1, 0.15) is 0 Å². The number of hydrogen-bond donors (Lipinski definition) is 1. The summed E-state index contributed by atoms with van der Waals surface area (Å²) in [5, 5.41) is 3.78. The number of aryl methyl sites for hydroxylation is 1. The van der Waals surface area contributed by atoms with Crippen LogP contribution in [0.1, 0.15) is 43.2 Å². The Kier molecular flexibility index (Phi) is 5.32. The van der Waals surface area contributed by atoms with Gasteiger partial charge in [0.05, 0.1) is 0 Å². The average Bonchev–Trinajstić information content (AvgIpc) is 2.54. The highest BCUT2D eigenvalue weighted by atomic mass is 15.2. The molecule has 1 N–H and O–H groups in total. The van der Waals surface area contributed by atoms with Crippen molar-refractivity contribution in [3.63, 3.8) is 0 Å². The smallest absolute Gasteiger partial charge is 0.0223 e. The van der Waals surface area contributed by atoms with E-state index in [0.29, 0.717) is 0 Å². The van der Waals surface area contributed by atoms with E-state index in [0.717, 1.165) is 12.0 Å². The van der Waals surface area contributed by atoms with Gasteiger partial charge in [0.25, 0.3) is 0 Å². The molecule has 116 valence electrons. The molecule has 1 aromatic rings. The van der Waals surface area contributed by atoms with Crippen molar-refractivity contribution >= 4 is 0 Å². The van der Waals surface area contributed by atoms with Crippen molar-refractivity contribution in [2.45, 2.75) is 51.5 Å². The number of benzene rings is 1. The Morgan fingerprint density at radius 1 is 1.19 bits per heavy atom. The molecule has 1 aliphatic carbocycles. The number of piperazine rings is 1. The standard InChI is InChI=1S/C19H30N2/c1-16-6-5-7-17(14-16)10-12-21-13-11-20-19(15-21)18-8-3-2-4-9-18/h5-7,14,18-20H,2-4,8-13,15H2,1H3. The van der Waals surface area contributed by atoms with Gasteiger partial charge >= 0.3 is 0 Å². The van der Waals surface area contributed by atoms with E-state index in [9.17, 15) is 0 Å². The van der Waals surface area contributed by atoms with Crippen LogP contribution in [0.3, 0.4) is 0 Å². The van der Waals surface area contributed by atoms with Crippen molar-refractivity contribution in [1.82, 2.24) is 10.2 Å². The fourth-order valence-corrected chi connectivity index (χ4v) is 4.05. The van der Waals surface area contributed by atoms with Crippen LogP contribution in [0.15, 0.2) is 24.3 Å². The van der Waals surface area contributed by atoms with Crippen molar-refractivity contribution in [2.75, 3.05) is 26.2 Å². The predicted molar refractivity (Wildman–Crippen MR) is 89.7 cm³/mol. The monoisotopic (exact) mass is 286 g/mol. The summed E-state index contributed by atoms with van der Waals surface area (Å²) in [4.78, 5) is 2.68. The molecule has 1 unspecified atom stereocenters. The number of hydrogen-bond acceptors (Lipinski definition) is 2. The molecule has 2 nitrogen and oxygen atoms in total. The van der Waals surface area contributed by atoms with E-state index >= 15 is 0 Å². The van der Waals surface area contributed by atoms with Crippen LogP contribution >= 0.6 is 0 Å². The van der Waals surface area contributed by atoms with Crippen LogP contribution in [0.25, 0.3) is 0 Å². The summed E-state index contributed by atoms with van der Waals surface area (Å²) in [5.41, 5.74) is 2.87. The van der Waals surface area contributed by atoms with Gasteiger partial charge in [0, 0.05) is 32.2 Å². The Morgan fingerprint density at radius 3 is 2.86 bits per heavy atom. The molecule has 21 heavy (non-hydrogen) atoms. The van der Waals surface area contributed by atoms with Gasteiger partial charge in [-0.15, -0.1) is 0 Å². The Morgan fingerprint density at radius 2 is 2.05 bits per heavy atom. The third-order valence-electron chi connectivity index (χ3n) is 5.31. The molecule has 0 aromatic heterocycles. The van der Waals surface area contributed by atoms with Gasteiger partial charge in [0.2, 0.25) is 0 Å². The number of nitrogens with one attached hydrogen (secondary N) is 1. The quantitative estimate of drug-likeness (QED) is 0.912. The molecule has 0 amide bonds. The number of nitrogens with zero attached hydrogens (tertiary/aromatic N) is 1. The van der Waals surface area contributed by atoms with Crippen LogP contribution in [-0.2, 0) is 6.42 Å². The van der Waals surface area contributed by atoms with Crippen LogP contribution in [0.4, 0.5) is 0 Å². The summed E-state index contributed by atoms with van der Waals surface area (Å²) >= 11 is 0. The zero-order valence-corrected chi connectivity index (χ0v) is 13.5. The lowest BCUT2D eigenvalue weighted by Crippen LogP contribution is -2.54. The first-order chi connectivity index (χ1) is 10.3. The SMILES string of the molecule is Cc1cccc(CCN2CCNC(C3CCCCC3)C2)c1. The van der Waals surface area contributed by atoms with Crippen molar-refractivity contribution in [2.24, 2.45) is 5.92 Å². The van der Waals surface area contributed by atoms with Crippen LogP contribution in [0.2, 0.25) is 0 Å². The minimum absolute atomic E-state index is 0.747. The van der Waals surface area contributed by atoms with Crippen molar-refractivity contribution < 1.29 is 0 Å². The molecule has 0 spiro atoms. The van der Waals surface area contributed by atoms with E-state index in [1.54, 1.807) is 0 Å². The second-order valence-electron chi connectivity index (χ2n) is 7.00. The molecule has 1 aromatic carbocycles. The maximum absolute atomic E-state index is 3.78. The maximum atomic E-state index is 3.78. The van der Waals surface area contributed by atoms with Gasteiger partial charge in [0.15, 0.2) is 0 Å². The number of rotatable bonds is 4. The molecule has 0 bridgehead atoms. The molecule has 1 saturated carbocycles. The van der Waals surface area contributed by atoms with Crippen molar-refractivity contribution in [3.05, 3.63) is 35.4 Å². The van der Waals surface area contributed by atoms with E-state index in [-0.39, 0.29) is 0 Å². The van der Waals surface area contributed by atoms with Gasteiger partial charge in [-0.25, -0.2) is 0 Å². The van der Waals surface area contributed by atoms with Gasteiger partial charge in [-0.05, 0) is 37.7 Å². The zero-order valence-electron chi connectivity index (χ0n) is 13.5. The summed E-state index contributed by atoms with van der Waals surface area (Å²) in [6.45, 7) is 7.06. The molecule has 0 radical (unpaired) electrons. The fraction of sp³-hybridized carbons (Fsp3) is 0.684. The van der Waals surface area contributed by atoms with Gasteiger partial charge in [-0.2, -0.15) is 0 Å². The van der Waals surface area contributed by atoms with E-state index in [1.165, 1.54) is 75.8 Å². The van der Waals surface area contributed by atoms with Gasteiger partial charge in [-0.1, -0.05) is 49.1 Å². The molecule has 2 fully saturated rings. The van der Waals surface area contributed by atoms with Crippen LogP contribution in [-0.4, -0.2) is 37.1 Å². The van der Waals surface area contributed by atoms with Crippen LogP contribution in [0, 0.1) is 12.8 Å². The summed E-state index contributed by atoms with van der Waals surface area (Å²) in [6.07, 6.45) is 8.45. The Bertz CT molecular complexity index is 437. The highest BCUT2D eigenvalue weighted by Gasteiger charge is 2.27. The summed E-state index contributed by atoms with van der Waals surface area (Å²) in [7, 11) is 0. The molecule has 2 heteroatoms. The second kappa shape index (κ2) is 7.42. The lowest BCUT2D eigenvalue weighted by atomic mass is 9.83. The van der Waals surface area contributed by atoms with Crippen molar-refractivity contribution in [1.29, 1.82) is 0 Å². The highest BCUT2D eigenvalue weighted by molar-refractivity contribution is 5.22. The molecule has 3 rings (SSSR count). The molecular formula is C19H30N2. The first-order valence-electron chi connectivity index (χ1n) is 8.82. The van der Waals surface area contributed by atoms with E-state index in [1.807, 2.05) is 0 Å². The first-order valence-corrected chi connectivity index (χ1v) is 8.82. The normalized spacial score (nSPS) is 25.1. The third kappa shape index (κ3) is 4.31. The Hall–Kier alpha value is -0.860. The molecule has 1 atom stereocenters. The van der Waals surface area contributed by atoms with E-state index < -0.39 is 0 Å². The van der Waals surface area contributed by atoms with Crippen molar-refractivity contribution in [3.8, 4) is 0 Å². The minimum atomic E-state index is 0.747. The lowest BCUT2D eigenvalue weighted by molar-refractivity contribution is 0.147. The van der Waals surface area contributed by atoms with Crippen LogP contribution in [0.5, 0.6) is 0 Å². The zero-order chi connectivity index (χ0) is 14.5. The largest absolute Gasteiger partial charge is 0.311 e. The van der Waals surface area contributed by atoms with Gasteiger partial charge < -0.3 is 10.2 Å². The Balaban J connectivity index is 1.49. The molecule has 1 aliphatic heterocycles. The summed E-state index contributed by atoms with van der Waals surface area (Å²) in [6, 6.07) is 9.73. The molecule has 1 saturated heterocycles. The fourth-order valence-electron chi connectivity index (χ4n) is 4.05. The maximum Gasteiger partial charge on any atom is 0.0223 e. The summed E-state index contributed by atoms with van der Waals surface area (Å²) in [5.74, 6) is 0.931. The van der Waals surface area contributed by atoms with E-state index in [2.05, 4.69) is 41.4 Å². The molecule has 2 aliphatic rings. The minimum Gasteiger partial charge on any atom is -0.311 e. The topological polar surface area (TPSA) is 15.3 Å². The average molecular weight is 286 g/mol. The highest BCUT2D eigenvalue weighted by Crippen LogP contribution is 2.27.